The van der Waals surface area contributed by atoms with Gasteiger partial charge in [-0.05, 0) is 17.9 Å². The normalized spacial score (nSPS) is 19.6. The van der Waals surface area contributed by atoms with Crippen LogP contribution in [0.25, 0.3) is 0 Å². The van der Waals surface area contributed by atoms with Crippen molar-refractivity contribution >= 4 is 21.4 Å². The Morgan fingerprint density at radius 2 is 2.09 bits per heavy atom. The Morgan fingerprint density at radius 3 is 2.78 bits per heavy atom. The molecule has 1 amide bonds. The first-order valence-electron chi connectivity index (χ1n) is 7.57. The molecule has 3 rings (SSSR count). The quantitative estimate of drug-likeness (QED) is 0.903. The van der Waals surface area contributed by atoms with Crippen LogP contribution in [0.5, 0.6) is 0 Å². The second kappa shape index (κ2) is 6.54. The van der Waals surface area contributed by atoms with Crippen LogP contribution in [0.4, 0.5) is 5.69 Å². The van der Waals surface area contributed by atoms with Crippen LogP contribution in [-0.2, 0) is 21.2 Å². The zero-order chi connectivity index (χ0) is 16.3. The van der Waals surface area contributed by atoms with Gasteiger partial charge in [0.25, 0.3) is 0 Å². The fraction of sp³-hybridized carbons (Fsp3) is 0.375. The first-order valence-corrected chi connectivity index (χ1v) is 9.39. The van der Waals surface area contributed by atoms with Gasteiger partial charge in [-0.3, -0.25) is 9.48 Å². The van der Waals surface area contributed by atoms with E-state index in [4.69, 9.17) is 0 Å². The van der Waals surface area contributed by atoms with Crippen LogP contribution in [0.15, 0.2) is 42.7 Å². The number of nitrogens with zero attached hydrogens (tertiary/aromatic N) is 2. The molecule has 0 saturated carbocycles. The summed E-state index contributed by atoms with van der Waals surface area (Å²) in [5, 5.41) is 7.01. The van der Waals surface area contributed by atoms with Crippen LogP contribution >= 0.6 is 0 Å². The first kappa shape index (κ1) is 15.7. The average Bonchev–Trinajstić information content (AvgIpc) is 3.06. The van der Waals surface area contributed by atoms with Crippen molar-refractivity contribution in [1.29, 1.82) is 0 Å². The fourth-order valence-corrected chi connectivity index (χ4v) is 4.65. The molecule has 1 N–H and O–H groups in total. The van der Waals surface area contributed by atoms with Gasteiger partial charge in [0, 0.05) is 12.6 Å². The van der Waals surface area contributed by atoms with Crippen molar-refractivity contribution < 1.29 is 13.2 Å². The van der Waals surface area contributed by atoms with Crippen molar-refractivity contribution in [3.05, 3.63) is 48.3 Å². The maximum atomic E-state index is 12.0. The molecule has 1 saturated heterocycles. The van der Waals surface area contributed by atoms with Crippen LogP contribution in [0.2, 0.25) is 0 Å². The molecule has 7 heteroatoms. The minimum atomic E-state index is -2.94. The van der Waals surface area contributed by atoms with Gasteiger partial charge in [0.1, 0.15) is 0 Å². The third-order valence-electron chi connectivity index (χ3n) is 3.91. The molecule has 0 spiro atoms. The summed E-state index contributed by atoms with van der Waals surface area (Å²) in [7, 11) is -2.94. The molecule has 122 valence electrons. The first-order chi connectivity index (χ1) is 11.0. The number of benzene rings is 1. The third-order valence-corrected chi connectivity index (χ3v) is 5.74. The van der Waals surface area contributed by atoms with Gasteiger partial charge in [0.05, 0.1) is 29.9 Å². The summed E-state index contributed by atoms with van der Waals surface area (Å²) in [6, 6.07) is 9.93. The van der Waals surface area contributed by atoms with Crippen LogP contribution in [0, 0.1) is 5.92 Å². The Bertz CT molecular complexity index is 784. The number of sulfone groups is 1. The number of rotatable bonds is 5. The van der Waals surface area contributed by atoms with Crippen LogP contribution in [-0.4, -0.2) is 35.6 Å². The molecule has 1 atom stereocenters. The molecule has 1 aromatic carbocycles. The lowest BCUT2D eigenvalue weighted by Crippen LogP contribution is -2.17. The lowest BCUT2D eigenvalue weighted by molar-refractivity contribution is -0.116. The Morgan fingerprint density at radius 1 is 1.30 bits per heavy atom. The van der Waals surface area contributed by atoms with Gasteiger partial charge in [-0.25, -0.2) is 8.42 Å². The van der Waals surface area contributed by atoms with Crippen molar-refractivity contribution in [3.63, 3.8) is 0 Å². The molecule has 0 aliphatic carbocycles. The zero-order valence-corrected chi connectivity index (χ0v) is 13.5. The lowest BCUT2D eigenvalue weighted by atomic mass is 10.1. The Balaban J connectivity index is 1.53. The summed E-state index contributed by atoms with van der Waals surface area (Å²) in [5.74, 6) is 0.0823. The second-order valence-corrected chi connectivity index (χ2v) is 8.16. The number of carbonyl (C=O) groups is 1. The van der Waals surface area contributed by atoms with E-state index in [1.165, 1.54) is 0 Å². The molecule has 1 unspecified atom stereocenters. The fourth-order valence-electron chi connectivity index (χ4n) is 2.79. The number of hydrogen-bond acceptors (Lipinski definition) is 4. The molecule has 23 heavy (non-hydrogen) atoms. The molecule has 1 aliphatic rings. The standard InChI is InChI=1S/C16H19N3O3S/c20-16(8-14-6-7-23(21,22)12-14)18-15-9-17-19(11-15)10-13-4-2-1-3-5-13/h1-5,9,11,14H,6-8,10,12H2,(H,18,20). The van der Waals surface area contributed by atoms with E-state index in [1.807, 2.05) is 30.3 Å². The van der Waals surface area contributed by atoms with E-state index in [9.17, 15) is 13.2 Å². The van der Waals surface area contributed by atoms with Crippen LogP contribution in [0.1, 0.15) is 18.4 Å². The van der Waals surface area contributed by atoms with Crippen molar-refractivity contribution in [2.45, 2.75) is 19.4 Å². The maximum absolute atomic E-state index is 12.0. The minimum Gasteiger partial charge on any atom is -0.323 e. The Hall–Kier alpha value is -2.15. The van der Waals surface area contributed by atoms with Gasteiger partial charge in [-0.15, -0.1) is 0 Å². The van der Waals surface area contributed by atoms with E-state index < -0.39 is 9.84 Å². The Kier molecular flexibility index (Phi) is 4.47. The summed E-state index contributed by atoms with van der Waals surface area (Å²) in [5.41, 5.74) is 1.76. The topological polar surface area (TPSA) is 81.1 Å². The zero-order valence-electron chi connectivity index (χ0n) is 12.7. The number of carbonyl (C=O) groups excluding carboxylic acids is 1. The highest BCUT2D eigenvalue weighted by Crippen LogP contribution is 2.22. The molecule has 2 heterocycles. The highest BCUT2D eigenvalue weighted by Gasteiger charge is 2.29. The molecule has 0 radical (unpaired) electrons. The lowest BCUT2D eigenvalue weighted by Gasteiger charge is -2.07. The van der Waals surface area contributed by atoms with E-state index in [0.717, 1.165) is 5.56 Å². The summed E-state index contributed by atoms with van der Waals surface area (Å²) in [6.45, 7) is 0.636. The molecule has 1 aliphatic heterocycles. The number of aromatic nitrogens is 2. The van der Waals surface area contributed by atoms with E-state index in [0.29, 0.717) is 18.7 Å². The van der Waals surface area contributed by atoms with Crippen molar-refractivity contribution in [3.8, 4) is 0 Å². The molecule has 2 aromatic rings. The summed E-state index contributed by atoms with van der Waals surface area (Å²) in [4.78, 5) is 12.0. The molecular formula is C16H19N3O3S. The van der Waals surface area contributed by atoms with Crippen molar-refractivity contribution in [2.75, 3.05) is 16.8 Å². The third kappa shape index (κ3) is 4.41. The minimum absolute atomic E-state index is 0.0700. The molecule has 6 nitrogen and oxygen atoms in total. The van der Waals surface area contributed by atoms with Gasteiger partial charge < -0.3 is 5.32 Å². The predicted octanol–water partition coefficient (Wildman–Crippen LogP) is 1.69. The van der Waals surface area contributed by atoms with E-state index >= 15 is 0 Å². The summed E-state index contributed by atoms with van der Waals surface area (Å²) < 4.78 is 24.6. The molecule has 1 fully saturated rings. The highest BCUT2D eigenvalue weighted by molar-refractivity contribution is 7.91. The van der Waals surface area contributed by atoms with Gasteiger partial charge in [-0.1, -0.05) is 30.3 Å². The maximum Gasteiger partial charge on any atom is 0.224 e. The largest absolute Gasteiger partial charge is 0.323 e. The van der Waals surface area contributed by atoms with E-state index in [1.54, 1.807) is 17.1 Å². The van der Waals surface area contributed by atoms with Gasteiger partial charge in [-0.2, -0.15) is 5.10 Å². The molecular weight excluding hydrogens is 314 g/mol. The average molecular weight is 333 g/mol. The Labute approximate surface area is 135 Å². The van der Waals surface area contributed by atoms with E-state index in [-0.39, 0.29) is 29.8 Å². The number of anilines is 1. The number of nitrogens with one attached hydrogen (secondary N) is 1. The SMILES string of the molecule is O=C(CC1CCS(=O)(=O)C1)Nc1cnn(Cc2ccccc2)c1. The van der Waals surface area contributed by atoms with Crippen LogP contribution in [0.3, 0.4) is 0 Å². The highest BCUT2D eigenvalue weighted by atomic mass is 32.2. The van der Waals surface area contributed by atoms with Crippen molar-refractivity contribution in [2.24, 2.45) is 5.92 Å². The smallest absolute Gasteiger partial charge is 0.224 e. The summed E-state index contributed by atoms with van der Waals surface area (Å²) >= 11 is 0. The molecule has 0 bridgehead atoms. The summed E-state index contributed by atoms with van der Waals surface area (Å²) in [6.07, 6.45) is 4.19. The number of hydrogen-bond donors (Lipinski definition) is 1. The predicted molar refractivity (Wildman–Crippen MR) is 87.8 cm³/mol. The van der Waals surface area contributed by atoms with Gasteiger partial charge >= 0.3 is 0 Å². The van der Waals surface area contributed by atoms with Gasteiger partial charge in [0.2, 0.25) is 5.91 Å². The number of amides is 1. The van der Waals surface area contributed by atoms with Gasteiger partial charge in [0.15, 0.2) is 9.84 Å². The van der Waals surface area contributed by atoms with Crippen molar-refractivity contribution in [1.82, 2.24) is 9.78 Å². The molecule has 1 aromatic heterocycles. The van der Waals surface area contributed by atoms with E-state index in [2.05, 4.69) is 10.4 Å². The van der Waals surface area contributed by atoms with Crippen LogP contribution < -0.4 is 5.32 Å². The second-order valence-electron chi connectivity index (χ2n) is 5.93. The monoisotopic (exact) mass is 333 g/mol.